The molecule has 0 atom stereocenters. The highest BCUT2D eigenvalue weighted by atomic mass is 19.1. The second kappa shape index (κ2) is 16.6. The first-order valence-corrected chi connectivity index (χ1v) is 16.3. The van der Waals surface area contributed by atoms with E-state index in [9.17, 15) is 0 Å². The van der Waals surface area contributed by atoms with E-state index in [2.05, 4.69) is 44.2 Å². The van der Waals surface area contributed by atoms with Crippen LogP contribution in [-0.4, -0.2) is 20.3 Å². The Morgan fingerprint density at radius 2 is 1.31 bits per heavy atom. The van der Waals surface area contributed by atoms with Gasteiger partial charge in [-0.25, -0.2) is 4.39 Å². The average molecular weight is 535 g/mol. The predicted molar refractivity (Wildman–Crippen MR) is 163 cm³/mol. The van der Waals surface area contributed by atoms with E-state index < -0.39 is 7.12 Å². The van der Waals surface area contributed by atoms with Crippen molar-refractivity contribution in [1.29, 1.82) is 0 Å². The third-order valence-corrected chi connectivity index (χ3v) is 9.23. The van der Waals surface area contributed by atoms with Gasteiger partial charge in [0.15, 0.2) is 0 Å². The molecule has 0 amide bonds. The van der Waals surface area contributed by atoms with Crippen molar-refractivity contribution in [3.05, 3.63) is 65.0 Å². The molecule has 1 saturated heterocycles. The molecular weight excluding hydrogens is 482 g/mol. The smallest absolute Gasteiger partial charge is 0.406 e. The Kier molecular flexibility index (Phi) is 12.9. The van der Waals surface area contributed by atoms with Gasteiger partial charge in [-0.3, -0.25) is 0 Å². The van der Waals surface area contributed by atoms with Crippen LogP contribution in [0.25, 0.3) is 0 Å². The van der Waals surface area contributed by atoms with Crippen molar-refractivity contribution in [2.24, 2.45) is 5.92 Å². The minimum Gasteiger partial charge on any atom is -0.406 e. The minimum atomic E-state index is -0.610. The standard InChI is InChI=1S/C35H52BFO2/c1-3-5-7-8-9-10-12-14-29-17-21-31(22-18-29)33-26-38-36(39-27-33)34-24-23-32(25-35(34)37)30-19-15-28(16-20-30)13-11-6-4-2/h17-18,21-25,28,30,33H,3-16,19-20,26-27H2,1-2H3. The van der Waals surface area contributed by atoms with Crippen LogP contribution >= 0.6 is 0 Å². The number of rotatable bonds is 15. The lowest BCUT2D eigenvalue weighted by atomic mass is 9.73. The van der Waals surface area contributed by atoms with Gasteiger partial charge in [0.25, 0.3) is 0 Å². The molecule has 1 saturated carbocycles. The summed E-state index contributed by atoms with van der Waals surface area (Å²) >= 11 is 0. The van der Waals surface area contributed by atoms with Crippen molar-refractivity contribution in [3.8, 4) is 0 Å². The fourth-order valence-corrected chi connectivity index (χ4v) is 6.57. The van der Waals surface area contributed by atoms with Crippen molar-refractivity contribution >= 4 is 12.6 Å². The molecule has 2 aliphatic rings. The molecule has 214 valence electrons. The molecule has 2 aromatic rings. The average Bonchev–Trinajstić information content (AvgIpc) is 2.98. The van der Waals surface area contributed by atoms with Crippen LogP contribution in [0.2, 0.25) is 0 Å². The van der Waals surface area contributed by atoms with E-state index in [1.807, 2.05) is 6.07 Å². The third-order valence-electron chi connectivity index (χ3n) is 9.23. The molecule has 0 spiro atoms. The van der Waals surface area contributed by atoms with E-state index in [0.29, 0.717) is 24.6 Å². The van der Waals surface area contributed by atoms with Gasteiger partial charge in [0.05, 0.1) is 0 Å². The molecule has 4 heteroatoms. The largest absolute Gasteiger partial charge is 0.496 e. The third kappa shape index (κ3) is 9.46. The van der Waals surface area contributed by atoms with Crippen molar-refractivity contribution in [1.82, 2.24) is 0 Å². The maximum absolute atomic E-state index is 15.2. The number of hydrogen-bond acceptors (Lipinski definition) is 2. The highest BCUT2D eigenvalue weighted by Crippen LogP contribution is 2.38. The zero-order valence-electron chi connectivity index (χ0n) is 24.8. The first-order valence-electron chi connectivity index (χ1n) is 16.3. The van der Waals surface area contributed by atoms with Gasteiger partial charge in [-0.1, -0.05) is 114 Å². The highest BCUT2D eigenvalue weighted by molar-refractivity contribution is 6.61. The van der Waals surface area contributed by atoms with Crippen LogP contribution in [-0.2, 0) is 15.7 Å². The normalized spacial score (nSPS) is 20.4. The van der Waals surface area contributed by atoms with Crippen LogP contribution in [0.15, 0.2) is 42.5 Å². The molecule has 4 rings (SSSR count). The SMILES string of the molecule is CCCCCCCCCc1ccc(C2COB(c3ccc(C4CCC(CCCCC)CC4)cc3F)OC2)cc1. The molecule has 2 fully saturated rings. The summed E-state index contributed by atoms with van der Waals surface area (Å²) in [6, 6.07) is 14.7. The van der Waals surface area contributed by atoms with E-state index in [0.717, 1.165) is 17.9 Å². The summed E-state index contributed by atoms with van der Waals surface area (Å²) in [7, 11) is -0.610. The molecule has 0 aromatic heterocycles. The van der Waals surface area contributed by atoms with E-state index in [1.165, 1.54) is 107 Å². The lowest BCUT2D eigenvalue weighted by molar-refractivity contribution is 0.120. The first-order chi connectivity index (χ1) is 19.2. The lowest BCUT2D eigenvalue weighted by Crippen LogP contribution is -2.45. The monoisotopic (exact) mass is 534 g/mol. The van der Waals surface area contributed by atoms with Crippen LogP contribution in [0.5, 0.6) is 0 Å². The van der Waals surface area contributed by atoms with E-state index in [4.69, 9.17) is 9.31 Å². The molecule has 0 radical (unpaired) electrons. The summed E-state index contributed by atoms with van der Waals surface area (Å²) in [5.41, 5.74) is 4.34. The quantitative estimate of drug-likeness (QED) is 0.167. The summed E-state index contributed by atoms with van der Waals surface area (Å²) < 4.78 is 27.3. The lowest BCUT2D eigenvalue weighted by Gasteiger charge is -2.30. The number of hydrogen-bond donors (Lipinski definition) is 0. The van der Waals surface area contributed by atoms with Crippen molar-refractivity contribution < 1.29 is 13.7 Å². The summed E-state index contributed by atoms with van der Waals surface area (Å²) in [5, 5.41) is 0. The van der Waals surface area contributed by atoms with Crippen LogP contribution in [0.1, 0.15) is 139 Å². The van der Waals surface area contributed by atoms with E-state index in [1.54, 1.807) is 6.07 Å². The van der Waals surface area contributed by atoms with Crippen LogP contribution in [0.3, 0.4) is 0 Å². The number of aryl methyl sites for hydroxylation is 1. The van der Waals surface area contributed by atoms with Crippen LogP contribution in [0, 0.1) is 11.7 Å². The summed E-state index contributed by atoms with van der Waals surface area (Å²) in [4.78, 5) is 0. The number of benzene rings is 2. The molecular formula is C35H52BFO2. The molecule has 2 aromatic carbocycles. The molecule has 1 heterocycles. The predicted octanol–water partition coefficient (Wildman–Crippen LogP) is 9.50. The van der Waals surface area contributed by atoms with Gasteiger partial charge in [-0.15, -0.1) is 0 Å². The Hall–Kier alpha value is -1.65. The molecule has 2 nitrogen and oxygen atoms in total. The molecule has 1 aliphatic heterocycles. The van der Waals surface area contributed by atoms with E-state index >= 15 is 4.39 Å². The molecule has 0 bridgehead atoms. The second-order valence-corrected chi connectivity index (χ2v) is 12.3. The van der Waals surface area contributed by atoms with Gasteiger partial charge < -0.3 is 9.31 Å². The zero-order chi connectivity index (χ0) is 27.3. The van der Waals surface area contributed by atoms with Gasteiger partial charge >= 0.3 is 7.12 Å². The Morgan fingerprint density at radius 1 is 0.692 bits per heavy atom. The topological polar surface area (TPSA) is 18.5 Å². The van der Waals surface area contributed by atoms with Crippen molar-refractivity contribution in [2.75, 3.05) is 13.2 Å². The van der Waals surface area contributed by atoms with Crippen LogP contribution < -0.4 is 5.46 Å². The number of unbranched alkanes of at least 4 members (excludes halogenated alkanes) is 8. The van der Waals surface area contributed by atoms with Crippen molar-refractivity contribution in [2.45, 2.75) is 128 Å². The molecule has 0 unspecified atom stereocenters. The van der Waals surface area contributed by atoms with Gasteiger partial charge in [-0.2, -0.15) is 0 Å². The Balaban J connectivity index is 1.19. The molecule has 39 heavy (non-hydrogen) atoms. The minimum absolute atomic E-state index is 0.185. The fraction of sp³-hybridized carbons (Fsp3) is 0.657. The summed E-state index contributed by atoms with van der Waals surface area (Å²) in [5.74, 6) is 1.37. The molecule has 0 N–H and O–H groups in total. The number of halogens is 1. The van der Waals surface area contributed by atoms with Gasteiger partial charge in [-0.05, 0) is 73.1 Å². The highest BCUT2D eigenvalue weighted by Gasteiger charge is 2.33. The van der Waals surface area contributed by atoms with Crippen molar-refractivity contribution in [3.63, 3.8) is 0 Å². The maximum atomic E-state index is 15.2. The van der Waals surface area contributed by atoms with E-state index in [-0.39, 0.29) is 11.7 Å². The molecule has 1 aliphatic carbocycles. The Morgan fingerprint density at radius 3 is 1.97 bits per heavy atom. The Bertz CT molecular complexity index is 946. The first kappa shape index (κ1) is 30.3. The van der Waals surface area contributed by atoms with Gasteiger partial charge in [0, 0.05) is 24.6 Å². The summed E-state index contributed by atoms with van der Waals surface area (Å²) in [6.45, 7) is 5.66. The van der Waals surface area contributed by atoms with Gasteiger partial charge in [0.1, 0.15) is 5.82 Å². The fourth-order valence-electron chi connectivity index (χ4n) is 6.57. The summed E-state index contributed by atoms with van der Waals surface area (Å²) in [6.07, 6.45) is 20.9. The second-order valence-electron chi connectivity index (χ2n) is 12.3. The van der Waals surface area contributed by atoms with Crippen LogP contribution in [0.4, 0.5) is 4.39 Å². The maximum Gasteiger partial charge on any atom is 0.496 e. The zero-order valence-corrected chi connectivity index (χ0v) is 24.8. The Labute approximate surface area is 238 Å². The van der Waals surface area contributed by atoms with Gasteiger partial charge in [0.2, 0.25) is 0 Å².